The van der Waals surface area contributed by atoms with E-state index in [2.05, 4.69) is 5.32 Å². The summed E-state index contributed by atoms with van der Waals surface area (Å²) in [6, 6.07) is 13.4. The second-order valence-electron chi connectivity index (χ2n) is 9.56. The summed E-state index contributed by atoms with van der Waals surface area (Å²) in [5, 5.41) is 9.17. The maximum Gasteiger partial charge on any atom is 0.237 e. The maximum atomic E-state index is 13.3. The van der Waals surface area contributed by atoms with Crippen molar-refractivity contribution >= 4 is 39.9 Å². The van der Waals surface area contributed by atoms with Crippen LogP contribution in [0.5, 0.6) is 11.5 Å². The Balaban J connectivity index is 1.25. The first-order valence-corrected chi connectivity index (χ1v) is 13.9. The SMILES string of the molecule is CCC(Sc1nc2ccccc2c2nc(CC[NH+]3CCCCC3)nn12)C(=O)Nc1ccc2c(c1)OCO2. The van der Waals surface area contributed by atoms with Crippen molar-refractivity contribution in [3.05, 3.63) is 48.3 Å². The van der Waals surface area contributed by atoms with Gasteiger partial charge in [-0.1, -0.05) is 30.8 Å². The van der Waals surface area contributed by atoms with Crippen LogP contribution in [0.25, 0.3) is 16.6 Å². The van der Waals surface area contributed by atoms with Crippen LogP contribution in [-0.2, 0) is 11.2 Å². The smallest absolute Gasteiger partial charge is 0.237 e. The number of nitrogens with one attached hydrogen (secondary N) is 2. The normalized spacial score (nSPS) is 16.4. The number of ether oxygens (including phenoxy) is 2. The van der Waals surface area contributed by atoms with Crippen molar-refractivity contribution in [1.29, 1.82) is 0 Å². The van der Waals surface area contributed by atoms with E-state index in [1.807, 2.05) is 47.8 Å². The van der Waals surface area contributed by atoms with Gasteiger partial charge >= 0.3 is 0 Å². The second-order valence-corrected chi connectivity index (χ2v) is 10.7. The number of benzene rings is 2. The molecular formula is C27H31N6O3S+. The van der Waals surface area contributed by atoms with Crippen LogP contribution in [0.1, 0.15) is 38.4 Å². The van der Waals surface area contributed by atoms with E-state index in [9.17, 15) is 4.79 Å². The van der Waals surface area contributed by atoms with Gasteiger partial charge in [-0.3, -0.25) is 4.79 Å². The largest absolute Gasteiger partial charge is 0.454 e. The van der Waals surface area contributed by atoms with Crippen LogP contribution in [0, 0.1) is 0 Å². The van der Waals surface area contributed by atoms with E-state index in [0.717, 1.165) is 35.3 Å². The fourth-order valence-electron chi connectivity index (χ4n) is 4.99. The van der Waals surface area contributed by atoms with Gasteiger partial charge in [0.25, 0.3) is 0 Å². The van der Waals surface area contributed by atoms with Crippen LogP contribution < -0.4 is 19.7 Å². The number of hydrogen-bond acceptors (Lipinski definition) is 7. The highest BCUT2D eigenvalue weighted by atomic mass is 32.2. The maximum absolute atomic E-state index is 13.3. The van der Waals surface area contributed by atoms with Gasteiger partial charge in [-0.05, 0) is 49.9 Å². The molecule has 4 heterocycles. The first-order chi connectivity index (χ1) is 18.2. The zero-order chi connectivity index (χ0) is 25.2. The van der Waals surface area contributed by atoms with Gasteiger partial charge in [-0.2, -0.15) is 4.52 Å². The quantitative estimate of drug-likeness (QED) is 0.273. The summed E-state index contributed by atoms with van der Waals surface area (Å²) in [5.41, 5.74) is 2.32. The Morgan fingerprint density at radius 3 is 2.81 bits per heavy atom. The molecule has 0 saturated carbocycles. The molecule has 9 nitrogen and oxygen atoms in total. The van der Waals surface area contributed by atoms with Crippen molar-refractivity contribution in [2.45, 2.75) is 49.4 Å². The highest BCUT2D eigenvalue weighted by molar-refractivity contribution is 8.00. The van der Waals surface area contributed by atoms with Crippen LogP contribution in [0.15, 0.2) is 47.6 Å². The molecule has 2 aliphatic heterocycles. The molecular weight excluding hydrogens is 488 g/mol. The average molecular weight is 520 g/mol. The van der Waals surface area contributed by atoms with Gasteiger partial charge in [0.1, 0.15) is 0 Å². The third kappa shape index (κ3) is 5.08. The Kier molecular flexibility index (Phi) is 6.84. The van der Waals surface area contributed by atoms with Gasteiger partial charge < -0.3 is 19.7 Å². The molecule has 0 radical (unpaired) electrons. The first-order valence-electron chi connectivity index (χ1n) is 13.0. The molecule has 1 atom stereocenters. The van der Waals surface area contributed by atoms with E-state index >= 15 is 0 Å². The van der Waals surface area contributed by atoms with Crippen molar-refractivity contribution in [1.82, 2.24) is 19.6 Å². The molecule has 2 aromatic heterocycles. The molecule has 10 heteroatoms. The number of carbonyl (C=O) groups is 1. The number of aromatic nitrogens is 4. The summed E-state index contributed by atoms with van der Waals surface area (Å²) in [6.45, 7) is 5.71. The summed E-state index contributed by atoms with van der Waals surface area (Å²) in [6.07, 6.45) is 5.41. The second kappa shape index (κ2) is 10.5. The first kappa shape index (κ1) is 24.0. The van der Waals surface area contributed by atoms with Crippen LogP contribution in [-0.4, -0.2) is 57.2 Å². The zero-order valence-corrected chi connectivity index (χ0v) is 21.7. The van der Waals surface area contributed by atoms with Crippen molar-refractivity contribution < 1.29 is 19.2 Å². The monoisotopic (exact) mass is 519 g/mol. The molecule has 6 rings (SSSR count). The van der Waals surface area contributed by atoms with Crippen molar-refractivity contribution in [2.24, 2.45) is 0 Å². The molecule has 2 aliphatic rings. The summed E-state index contributed by atoms with van der Waals surface area (Å²) >= 11 is 1.42. The van der Waals surface area contributed by atoms with E-state index in [0.29, 0.717) is 28.8 Å². The van der Waals surface area contributed by atoms with Crippen molar-refractivity contribution in [3.63, 3.8) is 0 Å². The number of anilines is 1. The predicted octanol–water partition coefficient (Wildman–Crippen LogP) is 3.13. The zero-order valence-electron chi connectivity index (χ0n) is 20.9. The molecule has 2 N–H and O–H groups in total. The topological polar surface area (TPSA) is 95.1 Å². The summed E-state index contributed by atoms with van der Waals surface area (Å²) in [7, 11) is 0. The fourth-order valence-corrected chi connectivity index (χ4v) is 5.96. The third-order valence-electron chi connectivity index (χ3n) is 7.01. The fraction of sp³-hybridized carbons (Fsp3) is 0.407. The molecule has 0 bridgehead atoms. The standard InChI is InChI=1S/C27H30N6O3S/c1-2-23(26(34)28-18-10-11-21-22(16-18)36-17-35-21)37-27-29-20-9-5-4-8-19(20)25-30-24(31-33(25)27)12-15-32-13-6-3-7-14-32/h4-5,8-11,16,23H,2-3,6-7,12-15,17H2,1H3,(H,28,34)/p+1. The predicted molar refractivity (Wildman–Crippen MR) is 143 cm³/mol. The van der Waals surface area contributed by atoms with Crippen LogP contribution in [0.4, 0.5) is 5.69 Å². The molecule has 1 fully saturated rings. The number of para-hydroxylation sites is 1. The van der Waals surface area contributed by atoms with E-state index in [-0.39, 0.29) is 18.0 Å². The highest BCUT2D eigenvalue weighted by Gasteiger charge is 2.24. The van der Waals surface area contributed by atoms with E-state index in [1.54, 1.807) is 11.0 Å². The number of amides is 1. The van der Waals surface area contributed by atoms with Crippen LogP contribution >= 0.6 is 11.8 Å². The Morgan fingerprint density at radius 1 is 1.11 bits per heavy atom. The number of carbonyl (C=O) groups excluding carboxylic acids is 1. The number of rotatable bonds is 8. The van der Waals surface area contributed by atoms with E-state index < -0.39 is 0 Å². The van der Waals surface area contributed by atoms with Gasteiger partial charge in [0, 0.05) is 17.1 Å². The lowest BCUT2D eigenvalue weighted by molar-refractivity contribution is -0.904. The number of quaternary nitrogens is 1. The number of hydrogen-bond donors (Lipinski definition) is 2. The molecule has 1 unspecified atom stereocenters. The molecule has 1 amide bonds. The lowest BCUT2D eigenvalue weighted by atomic mass is 10.1. The number of piperidine rings is 1. The number of thioether (sulfide) groups is 1. The number of nitrogens with zero attached hydrogens (tertiary/aromatic N) is 4. The van der Waals surface area contributed by atoms with Gasteiger partial charge in [0.2, 0.25) is 12.7 Å². The van der Waals surface area contributed by atoms with Gasteiger partial charge in [-0.15, -0.1) is 5.10 Å². The van der Waals surface area contributed by atoms with Gasteiger partial charge in [0.05, 0.1) is 36.8 Å². The lowest BCUT2D eigenvalue weighted by Crippen LogP contribution is -3.13. The van der Waals surface area contributed by atoms with E-state index in [4.69, 9.17) is 24.5 Å². The van der Waals surface area contributed by atoms with Crippen LogP contribution in [0.3, 0.4) is 0 Å². The van der Waals surface area contributed by atoms with Crippen molar-refractivity contribution in [2.75, 3.05) is 31.7 Å². The van der Waals surface area contributed by atoms with Crippen molar-refractivity contribution in [3.8, 4) is 11.5 Å². The molecule has 4 aromatic rings. The summed E-state index contributed by atoms with van der Waals surface area (Å²) < 4.78 is 12.6. The van der Waals surface area contributed by atoms with E-state index in [1.165, 1.54) is 44.1 Å². The Labute approximate surface area is 219 Å². The molecule has 1 saturated heterocycles. The molecule has 37 heavy (non-hydrogen) atoms. The average Bonchev–Trinajstić information content (AvgIpc) is 3.58. The van der Waals surface area contributed by atoms with Gasteiger partial charge in [0.15, 0.2) is 28.1 Å². The highest BCUT2D eigenvalue weighted by Crippen LogP contribution is 2.35. The molecule has 192 valence electrons. The third-order valence-corrected chi connectivity index (χ3v) is 8.31. The Morgan fingerprint density at radius 2 is 1.95 bits per heavy atom. The number of likely N-dealkylation sites (tertiary alicyclic amines) is 1. The lowest BCUT2D eigenvalue weighted by Gasteiger charge is -2.22. The minimum atomic E-state index is -0.354. The Hall–Kier alpha value is -3.37. The minimum Gasteiger partial charge on any atom is -0.454 e. The summed E-state index contributed by atoms with van der Waals surface area (Å²) in [5.74, 6) is 2.06. The van der Waals surface area contributed by atoms with Gasteiger partial charge in [-0.25, -0.2) is 9.97 Å². The van der Waals surface area contributed by atoms with Crippen LogP contribution in [0.2, 0.25) is 0 Å². The Bertz CT molecular complexity index is 1430. The molecule has 0 aliphatic carbocycles. The molecule has 2 aromatic carbocycles. The summed E-state index contributed by atoms with van der Waals surface area (Å²) in [4.78, 5) is 24.7. The number of fused-ring (bicyclic) bond motifs is 4. The minimum absolute atomic E-state index is 0.0940. The molecule has 0 spiro atoms.